The summed E-state index contributed by atoms with van der Waals surface area (Å²) in [5, 5.41) is 12.4. The van der Waals surface area contributed by atoms with Crippen molar-refractivity contribution in [2.24, 2.45) is 0 Å². The van der Waals surface area contributed by atoms with Gasteiger partial charge in [0.25, 0.3) is 0 Å². The van der Waals surface area contributed by atoms with Gasteiger partial charge in [-0.3, -0.25) is 0 Å². The zero-order chi connectivity index (χ0) is 11.7. The number of aliphatic hydroxyl groups excluding tert-OH is 1. The van der Waals surface area contributed by atoms with Gasteiger partial charge >= 0.3 is 0 Å². The molecule has 1 fully saturated rings. The van der Waals surface area contributed by atoms with Gasteiger partial charge in [0.15, 0.2) is 0 Å². The van der Waals surface area contributed by atoms with Gasteiger partial charge in [-0.2, -0.15) is 15.0 Å². The number of hydrogen-bond donors (Lipinski definition) is 2. The van der Waals surface area contributed by atoms with Crippen LogP contribution in [0.5, 0.6) is 0 Å². The molecule has 1 aliphatic rings. The molecule has 0 unspecified atom stereocenters. The summed E-state index contributed by atoms with van der Waals surface area (Å²) in [6.45, 7) is 0. The van der Waals surface area contributed by atoms with Crippen molar-refractivity contribution in [2.45, 2.75) is 25.0 Å². The molecule has 88 valence electrons. The highest BCUT2D eigenvalue weighted by Crippen LogP contribution is 2.23. The van der Waals surface area contributed by atoms with Crippen LogP contribution in [0.2, 0.25) is 5.28 Å². The van der Waals surface area contributed by atoms with Crippen LogP contribution in [0.3, 0.4) is 0 Å². The van der Waals surface area contributed by atoms with Crippen LogP contribution < -0.4 is 10.2 Å². The molecule has 0 aromatic carbocycles. The van der Waals surface area contributed by atoms with E-state index in [1.165, 1.54) is 0 Å². The highest BCUT2D eigenvalue weighted by atomic mass is 35.5. The van der Waals surface area contributed by atoms with E-state index < -0.39 is 0 Å². The minimum atomic E-state index is -0.205. The second-order valence-electron chi connectivity index (χ2n) is 4.09. The molecule has 0 saturated heterocycles. The monoisotopic (exact) mass is 243 g/mol. The molecule has 16 heavy (non-hydrogen) atoms. The second kappa shape index (κ2) is 4.39. The summed E-state index contributed by atoms with van der Waals surface area (Å²) >= 11 is 5.79. The number of rotatable bonds is 3. The summed E-state index contributed by atoms with van der Waals surface area (Å²) in [5.74, 6) is 0.975. The smallest absolute Gasteiger partial charge is 0.230 e. The van der Waals surface area contributed by atoms with E-state index in [0.29, 0.717) is 11.9 Å². The van der Waals surface area contributed by atoms with E-state index in [1.807, 2.05) is 14.1 Å². The molecule has 0 spiro atoms. The highest BCUT2D eigenvalue weighted by Gasteiger charge is 2.27. The van der Waals surface area contributed by atoms with Gasteiger partial charge in [-0.05, 0) is 24.4 Å². The zero-order valence-electron chi connectivity index (χ0n) is 9.18. The molecular weight excluding hydrogens is 230 g/mol. The largest absolute Gasteiger partial charge is 0.393 e. The Kier molecular flexibility index (Phi) is 3.11. The molecule has 6 nitrogen and oxygen atoms in total. The Labute approximate surface area is 98.7 Å². The minimum absolute atomic E-state index is 0.168. The Morgan fingerprint density at radius 2 is 2.00 bits per heavy atom. The summed E-state index contributed by atoms with van der Waals surface area (Å²) in [4.78, 5) is 13.9. The first-order valence-corrected chi connectivity index (χ1v) is 5.46. The van der Waals surface area contributed by atoms with Gasteiger partial charge < -0.3 is 15.3 Å². The lowest BCUT2D eigenvalue weighted by Crippen LogP contribution is -2.39. The predicted molar refractivity (Wildman–Crippen MR) is 61.8 cm³/mol. The number of hydrogen-bond acceptors (Lipinski definition) is 6. The van der Waals surface area contributed by atoms with E-state index in [4.69, 9.17) is 16.7 Å². The highest BCUT2D eigenvalue weighted by molar-refractivity contribution is 6.28. The fraction of sp³-hybridized carbons (Fsp3) is 0.667. The van der Waals surface area contributed by atoms with Gasteiger partial charge in [0.2, 0.25) is 17.2 Å². The first-order chi connectivity index (χ1) is 7.54. The van der Waals surface area contributed by atoms with Gasteiger partial charge in [0, 0.05) is 20.1 Å². The van der Waals surface area contributed by atoms with E-state index in [-0.39, 0.29) is 17.4 Å². The molecule has 0 radical (unpaired) electrons. The topological polar surface area (TPSA) is 74.2 Å². The van der Waals surface area contributed by atoms with E-state index in [0.717, 1.165) is 12.8 Å². The Hall–Kier alpha value is -1.14. The van der Waals surface area contributed by atoms with Crippen LogP contribution in [-0.4, -0.2) is 46.3 Å². The fourth-order valence-corrected chi connectivity index (χ4v) is 1.65. The lowest BCUT2D eigenvalue weighted by atomic mass is 9.90. The van der Waals surface area contributed by atoms with Crippen LogP contribution in [-0.2, 0) is 0 Å². The number of halogens is 1. The third kappa shape index (κ3) is 2.51. The predicted octanol–water partition coefficient (Wildman–Crippen LogP) is 0.526. The van der Waals surface area contributed by atoms with Crippen LogP contribution in [0.15, 0.2) is 0 Å². The summed E-state index contributed by atoms with van der Waals surface area (Å²) in [6.07, 6.45) is 1.24. The summed E-state index contributed by atoms with van der Waals surface area (Å²) in [6, 6.07) is 0.225. The molecule has 1 aliphatic carbocycles. The molecule has 1 aromatic heterocycles. The van der Waals surface area contributed by atoms with Gasteiger partial charge in [-0.15, -0.1) is 0 Å². The average molecular weight is 244 g/mol. The second-order valence-corrected chi connectivity index (χ2v) is 4.43. The molecule has 7 heteroatoms. The maximum atomic E-state index is 9.17. The molecule has 1 saturated carbocycles. The van der Waals surface area contributed by atoms with Crippen molar-refractivity contribution < 1.29 is 5.11 Å². The molecule has 0 aliphatic heterocycles. The summed E-state index contributed by atoms with van der Waals surface area (Å²) in [7, 11) is 3.67. The standard InChI is InChI=1S/C9H14ClN5O/c1-15(2)9-13-7(10)12-8(14-9)11-5-3-6(16)4-5/h5-6,16H,3-4H2,1-2H3,(H,11,12,13,14). The Morgan fingerprint density at radius 1 is 1.31 bits per heavy atom. The van der Waals surface area contributed by atoms with E-state index in [9.17, 15) is 0 Å². The number of aromatic nitrogens is 3. The van der Waals surface area contributed by atoms with E-state index >= 15 is 0 Å². The lowest BCUT2D eigenvalue weighted by Gasteiger charge is -2.31. The molecule has 0 atom stereocenters. The Balaban J connectivity index is 2.08. The van der Waals surface area contributed by atoms with Gasteiger partial charge in [0.05, 0.1) is 6.10 Å². The van der Waals surface area contributed by atoms with Crippen molar-refractivity contribution >= 4 is 23.5 Å². The van der Waals surface area contributed by atoms with Crippen molar-refractivity contribution in [1.29, 1.82) is 0 Å². The number of anilines is 2. The van der Waals surface area contributed by atoms with Crippen LogP contribution in [0.1, 0.15) is 12.8 Å². The minimum Gasteiger partial charge on any atom is -0.393 e. The van der Waals surface area contributed by atoms with E-state index in [1.54, 1.807) is 4.90 Å². The van der Waals surface area contributed by atoms with Crippen molar-refractivity contribution in [3.8, 4) is 0 Å². The molecule has 2 rings (SSSR count). The van der Waals surface area contributed by atoms with E-state index in [2.05, 4.69) is 20.3 Å². The van der Waals surface area contributed by atoms with Crippen LogP contribution >= 0.6 is 11.6 Å². The molecule has 0 amide bonds. The Morgan fingerprint density at radius 3 is 2.56 bits per heavy atom. The van der Waals surface area contributed by atoms with Crippen LogP contribution in [0.4, 0.5) is 11.9 Å². The number of aliphatic hydroxyl groups is 1. The quantitative estimate of drug-likeness (QED) is 0.807. The van der Waals surface area contributed by atoms with Gasteiger partial charge in [0.1, 0.15) is 0 Å². The van der Waals surface area contributed by atoms with Crippen molar-refractivity contribution in [1.82, 2.24) is 15.0 Å². The maximum Gasteiger partial charge on any atom is 0.230 e. The molecule has 1 aromatic rings. The number of nitrogens with zero attached hydrogens (tertiary/aromatic N) is 4. The van der Waals surface area contributed by atoms with Crippen molar-refractivity contribution in [3.63, 3.8) is 0 Å². The third-order valence-electron chi connectivity index (χ3n) is 2.44. The SMILES string of the molecule is CN(C)c1nc(Cl)nc(NC2CC(O)C2)n1. The Bertz CT molecular complexity index is 380. The van der Waals surface area contributed by atoms with Gasteiger partial charge in [-0.25, -0.2) is 0 Å². The summed E-state index contributed by atoms with van der Waals surface area (Å²) in [5.41, 5.74) is 0. The summed E-state index contributed by atoms with van der Waals surface area (Å²) < 4.78 is 0. The fourth-order valence-electron chi connectivity index (χ4n) is 1.49. The third-order valence-corrected chi connectivity index (χ3v) is 2.61. The van der Waals surface area contributed by atoms with Crippen molar-refractivity contribution in [3.05, 3.63) is 5.28 Å². The first kappa shape index (κ1) is 11.3. The zero-order valence-corrected chi connectivity index (χ0v) is 9.94. The molecular formula is C9H14ClN5O. The van der Waals surface area contributed by atoms with Gasteiger partial charge in [-0.1, -0.05) is 0 Å². The number of nitrogens with one attached hydrogen (secondary N) is 1. The first-order valence-electron chi connectivity index (χ1n) is 5.08. The van der Waals surface area contributed by atoms with Crippen LogP contribution in [0, 0.1) is 0 Å². The maximum absolute atomic E-state index is 9.17. The van der Waals surface area contributed by atoms with Crippen LogP contribution in [0.25, 0.3) is 0 Å². The molecule has 2 N–H and O–H groups in total. The average Bonchev–Trinajstić information content (AvgIpc) is 2.14. The molecule has 1 heterocycles. The molecule has 0 bridgehead atoms. The van der Waals surface area contributed by atoms with Crippen molar-refractivity contribution in [2.75, 3.05) is 24.3 Å². The normalized spacial score (nSPS) is 23.8. The lowest BCUT2D eigenvalue weighted by molar-refractivity contribution is 0.0834.